The number of furan rings is 1. The van der Waals surface area contributed by atoms with Gasteiger partial charge in [0.1, 0.15) is 29.6 Å². The lowest BCUT2D eigenvalue weighted by Crippen LogP contribution is -2.44. The minimum atomic E-state index is -2.82. The molecule has 0 spiro atoms. The highest BCUT2D eigenvalue weighted by Gasteiger charge is 2.28. The van der Waals surface area contributed by atoms with Gasteiger partial charge in [0.2, 0.25) is 0 Å². The van der Waals surface area contributed by atoms with E-state index in [-0.39, 0.29) is 12.1 Å². The van der Waals surface area contributed by atoms with Crippen LogP contribution in [0.25, 0.3) is 21.9 Å². The molecule has 0 fully saturated rings. The van der Waals surface area contributed by atoms with Crippen LogP contribution in [-0.4, -0.2) is 25.9 Å². The number of aliphatic carboxylic acids is 1. The van der Waals surface area contributed by atoms with Gasteiger partial charge in [-0.3, -0.25) is 8.51 Å². The minimum Gasteiger partial charge on any atom is -0.755 e. The van der Waals surface area contributed by atoms with Gasteiger partial charge in [0, 0.05) is 28.5 Å². The Morgan fingerprint density at radius 3 is 2.31 bits per heavy atom. The first kappa shape index (κ1) is 23.6. The van der Waals surface area contributed by atoms with Gasteiger partial charge < -0.3 is 18.8 Å². The SMILES string of the molecule is O=C(O)C(Cc1ccc(OCc2ccccc2)cc1)N(c1ccc2oc3ccccc3c2c1)S(=O)[O-]. The van der Waals surface area contributed by atoms with E-state index in [4.69, 9.17) is 9.15 Å². The number of nitrogens with zero attached hydrogens (tertiary/aromatic N) is 1. The summed E-state index contributed by atoms with van der Waals surface area (Å²) in [5.41, 5.74) is 3.21. The number of para-hydroxylation sites is 1. The third-order valence-electron chi connectivity index (χ3n) is 5.94. The molecule has 0 bridgehead atoms. The summed E-state index contributed by atoms with van der Waals surface area (Å²) >= 11 is -2.82. The standard InChI is InChI=1S/C28H23NO6S/c30-28(31)25(16-19-10-13-22(14-11-19)34-18-20-6-2-1-3-7-20)29(36(32)33)21-12-15-27-24(17-21)23-8-4-5-9-26(23)35-27/h1-15,17,25H,16,18H2,(H,30,31)(H,32,33)/p-1. The van der Waals surface area contributed by atoms with Gasteiger partial charge in [-0.05, 0) is 47.5 Å². The maximum absolute atomic E-state index is 12.3. The molecule has 0 aliphatic rings. The Morgan fingerprint density at radius 1 is 0.889 bits per heavy atom. The van der Waals surface area contributed by atoms with Crippen LogP contribution < -0.4 is 9.04 Å². The summed E-state index contributed by atoms with van der Waals surface area (Å²) in [5.74, 6) is -0.614. The maximum atomic E-state index is 12.3. The van der Waals surface area contributed by atoms with Gasteiger partial charge >= 0.3 is 5.97 Å². The summed E-state index contributed by atoms with van der Waals surface area (Å²) in [6, 6.07) is 27.7. The Hall–Kier alpha value is -4.14. The number of benzene rings is 4. The van der Waals surface area contributed by atoms with E-state index in [1.807, 2.05) is 54.6 Å². The molecule has 1 N–H and O–H groups in total. The molecule has 36 heavy (non-hydrogen) atoms. The number of carbonyl (C=O) groups is 1. The van der Waals surface area contributed by atoms with Crippen molar-refractivity contribution in [3.63, 3.8) is 0 Å². The minimum absolute atomic E-state index is 0.0214. The first-order chi connectivity index (χ1) is 17.5. The molecule has 0 aliphatic carbocycles. The zero-order chi connectivity index (χ0) is 25.1. The predicted molar refractivity (Wildman–Crippen MR) is 137 cm³/mol. The normalized spacial score (nSPS) is 12.9. The molecular weight excluding hydrogens is 478 g/mol. The highest BCUT2D eigenvalue weighted by Crippen LogP contribution is 2.33. The Balaban J connectivity index is 1.39. The maximum Gasteiger partial charge on any atom is 0.327 e. The topological polar surface area (TPSA) is 103 Å². The molecule has 2 atom stereocenters. The fraction of sp³-hybridized carbons (Fsp3) is 0.107. The van der Waals surface area contributed by atoms with E-state index in [9.17, 15) is 18.7 Å². The molecule has 0 saturated heterocycles. The predicted octanol–water partition coefficient (Wildman–Crippen LogP) is 5.46. The van der Waals surface area contributed by atoms with E-state index >= 15 is 0 Å². The number of ether oxygens (including phenoxy) is 1. The third-order valence-corrected chi connectivity index (χ3v) is 6.73. The molecule has 7 nitrogen and oxygen atoms in total. The third kappa shape index (κ3) is 4.95. The van der Waals surface area contributed by atoms with Gasteiger partial charge in [0.25, 0.3) is 0 Å². The number of anilines is 1. The fourth-order valence-electron chi connectivity index (χ4n) is 4.18. The first-order valence-electron chi connectivity index (χ1n) is 11.3. The Morgan fingerprint density at radius 2 is 1.58 bits per heavy atom. The van der Waals surface area contributed by atoms with Crippen LogP contribution in [0.5, 0.6) is 5.75 Å². The van der Waals surface area contributed by atoms with Crippen LogP contribution in [0.15, 0.2) is 101 Å². The summed E-state index contributed by atoms with van der Waals surface area (Å²) in [6.45, 7) is 0.409. The number of rotatable bonds is 9. The zero-order valence-electron chi connectivity index (χ0n) is 19.1. The molecule has 2 unspecified atom stereocenters. The fourth-order valence-corrected chi connectivity index (χ4v) is 4.84. The average molecular weight is 501 g/mol. The molecule has 5 aromatic rings. The summed E-state index contributed by atoms with van der Waals surface area (Å²) < 4.78 is 37.0. The molecule has 1 aromatic heterocycles. The van der Waals surface area contributed by atoms with E-state index in [0.29, 0.717) is 34.5 Å². The van der Waals surface area contributed by atoms with Crippen molar-refractivity contribution in [2.24, 2.45) is 0 Å². The van der Waals surface area contributed by atoms with Crippen LogP contribution in [0, 0.1) is 0 Å². The molecule has 0 aliphatic heterocycles. The Kier molecular flexibility index (Phi) is 6.71. The van der Waals surface area contributed by atoms with E-state index < -0.39 is 23.3 Å². The van der Waals surface area contributed by atoms with Crippen LogP contribution in [0.2, 0.25) is 0 Å². The van der Waals surface area contributed by atoms with Gasteiger partial charge in [0.05, 0.1) is 5.69 Å². The smallest absolute Gasteiger partial charge is 0.327 e. The molecule has 0 saturated carbocycles. The van der Waals surface area contributed by atoms with Gasteiger partial charge in [-0.15, -0.1) is 0 Å². The lowest BCUT2D eigenvalue weighted by atomic mass is 10.0. The number of hydrogen-bond donors (Lipinski definition) is 1. The number of hydrogen-bond acceptors (Lipinski definition) is 5. The van der Waals surface area contributed by atoms with Gasteiger partial charge in [-0.2, -0.15) is 0 Å². The molecule has 4 aromatic carbocycles. The zero-order valence-corrected chi connectivity index (χ0v) is 19.9. The highest BCUT2D eigenvalue weighted by molar-refractivity contribution is 7.80. The van der Waals surface area contributed by atoms with Crippen LogP contribution in [0.3, 0.4) is 0 Å². The molecule has 0 radical (unpaired) electrons. The highest BCUT2D eigenvalue weighted by atomic mass is 32.2. The summed E-state index contributed by atoms with van der Waals surface area (Å²) in [5, 5.41) is 11.5. The number of carboxylic acid groups (broad SMARTS) is 1. The van der Waals surface area contributed by atoms with Crippen LogP contribution >= 0.6 is 0 Å². The van der Waals surface area contributed by atoms with E-state index in [1.54, 1.807) is 42.5 Å². The van der Waals surface area contributed by atoms with Gasteiger partial charge in [-0.25, -0.2) is 4.79 Å². The van der Waals surface area contributed by atoms with E-state index in [0.717, 1.165) is 15.3 Å². The monoisotopic (exact) mass is 500 g/mol. The Labute approximate surface area is 210 Å². The van der Waals surface area contributed by atoms with Crippen LogP contribution in [0.1, 0.15) is 11.1 Å². The molecule has 1 heterocycles. The molecular formula is C28H22NO6S-. The van der Waals surface area contributed by atoms with E-state index in [2.05, 4.69) is 0 Å². The first-order valence-corrected chi connectivity index (χ1v) is 12.3. The quantitative estimate of drug-likeness (QED) is 0.270. The van der Waals surface area contributed by atoms with Crippen molar-refractivity contribution >= 4 is 44.9 Å². The van der Waals surface area contributed by atoms with Gasteiger partial charge in [-0.1, -0.05) is 60.7 Å². The van der Waals surface area contributed by atoms with Crippen molar-refractivity contribution in [1.29, 1.82) is 0 Å². The molecule has 0 amide bonds. The second kappa shape index (κ2) is 10.2. The van der Waals surface area contributed by atoms with Crippen molar-refractivity contribution in [2.45, 2.75) is 19.1 Å². The number of fused-ring (bicyclic) bond motifs is 3. The second-order valence-corrected chi connectivity index (χ2v) is 9.13. The summed E-state index contributed by atoms with van der Waals surface area (Å²) in [7, 11) is 0. The summed E-state index contributed by atoms with van der Waals surface area (Å²) in [4.78, 5) is 12.2. The van der Waals surface area contributed by atoms with Crippen molar-refractivity contribution in [2.75, 3.05) is 4.31 Å². The van der Waals surface area contributed by atoms with Crippen molar-refractivity contribution in [3.8, 4) is 5.75 Å². The van der Waals surface area contributed by atoms with Gasteiger partial charge in [0.15, 0.2) is 0 Å². The van der Waals surface area contributed by atoms with Crippen LogP contribution in [0.4, 0.5) is 5.69 Å². The molecule has 8 heteroatoms. The number of carboxylic acids is 1. The largest absolute Gasteiger partial charge is 0.755 e. The molecule has 182 valence electrons. The summed E-state index contributed by atoms with van der Waals surface area (Å²) in [6.07, 6.45) is -0.0214. The van der Waals surface area contributed by atoms with Crippen LogP contribution in [-0.2, 0) is 29.1 Å². The van der Waals surface area contributed by atoms with E-state index in [1.165, 1.54) is 0 Å². The average Bonchev–Trinajstić information content (AvgIpc) is 3.26. The van der Waals surface area contributed by atoms with Crippen molar-refractivity contribution in [1.82, 2.24) is 0 Å². The van der Waals surface area contributed by atoms with Crippen molar-refractivity contribution < 1.29 is 27.8 Å². The molecule has 5 rings (SSSR count). The second-order valence-electron chi connectivity index (χ2n) is 8.30. The van der Waals surface area contributed by atoms with Crippen molar-refractivity contribution in [3.05, 3.63) is 108 Å². The Bertz CT molecular complexity index is 1530. The lowest BCUT2D eigenvalue weighted by molar-refractivity contribution is -0.138. The lowest BCUT2D eigenvalue weighted by Gasteiger charge is -2.32.